The second kappa shape index (κ2) is 13.8. The van der Waals surface area contributed by atoms with Gasteiger partial charge in [0.15, 0.2) is 6.10 Å². The zero-order valence-corrected chi connectivity index (χ0v) is 26.1. The highest BCUT2D eigenvalue weighted by molar-refractivity contribution is 7.89. The van der Waals surface area contributed by atoms with Crippen molar-refractivity contribution in [2.24, 2.45) is 5.92 Å². The molecule has 0 spiro atoms. The summed E-state index contributed by atoms with van der Waals surface area (Å²) in [4.78, 5) is 35.7. The number of nitrogens with zero attached hydrogens (tertiary/aromatic N) is 4. The van der Waals surface area contributed by atoms with E-state index in [1.807, 2.05) is 44.2 Å². The van der Waals surface area contributed by atoms with Crippen LogP contribution in [0.2, 0.25) is 0 Å². The van der Waals surface area contributed by atoms with Crippen molar-refractivity contribution >= 4 is 49.4 Å². The third-order valence-corrected chi connectivity index (χ3v) is 10.3. The van der Waals surface area contributed by atoms with Crippen LogP contribution in [0.25, 0.3) is 10.2 Å². The Morgan fingerprint density at radius 3 is 2.64 bits per heavy atom. The highest BCUT2D eigenvalue weighted by Gasteiger charge is 2.39. The summed E-state index contributed by atoms with van der Waals surface area (Å²) in [5.41, 5.74) is 3.21. The second-order valence-corrected chi connectivity index (χ2v) is 13.7. The Hall–Kier alpha value is -3.91. The summed E-state index contributed by atoms with van der Waals surface area (Å²) in [5.74, 6) is -0.221. The van der Waals surface area contributed by atoms with Gasteiger partial charge in [0.25, 0.3) is 5.91 Å². The zero-order valence-electron chi connectivity index (χ0n) is 24.4. The molecule has 4 atom stereocenters. The lowest BCUT2D eigenvalue weighted by Gasteiger charge is -2.31. The monoisotopic (exact) mass is 637 g/mol. The second-order valence-electron chi connectivity index (χ2n) is 10.9. The summed E-state index contributed by atoms with van der Waals surface area (Å²) in [6.45, 7) is 3.80. The highest BCUT2D eigenvalue weighted by atomic mass is 32.2. The van der Waals surface area contributed by atoms with E-state index in [1.54, 1.807) is 35.8 Å². The van der Waals surface area contributed by atoms with Gasteiger partial charge in [-0.1, -0.05) is 56.7 Å². The molecule has 13 heteroatoms. The molecule has 4 aromatic rings. The molecule has 11 nitrogen and oxygen atoms in total. The third kappa shape index (κ3) is 7.24. The Balaban J connectivity index is 1.38. The van der Waals surface area contributed by atoms with Crippen LogP contribution < -0.4 is 10.2 Å². The van der Waals surface area contributed by atoms with Crippen molar-refractivity contribution in [2.75, 3.05) is 24.5 Å². The molecule has 0 bridgehead atoms. The molecule has 0 unspecified atom stereocenters. The summed E-state index contributed by atoms with van der Waals surface area (Å²) < 4.78 is 35.3. The number of sulfonamides is 1. The Morgan fingerprint density at radius 1 is 1.14 bits per heavy atom. The molecule has 1 saturated heterocycles. The molecule has 2 aromatic heterocycles. The first-order chi connectivity index (χ1) is 21.2. The van der Waals surface area contributed by atoms with Gasteiger partial charge in [-0.15, -0.1) is 11.3 Å². The van der Waals surface area contributed by atoms with Crippen LogP contribution in [0.5, 0.6) is 0 Å². The predicted molar refractivity (Wildman–Crippen MR) is 168 cm³/mol. The van der Waals surface area contributed by atoms with E-state index in [-0.39, 0.29) is 36.9 Å². The Kier molecular flexibility index (Phi) is 9.89. The van der Waals surface area contributed by atoms with Crippen LogP contribution in [0.4, 0.5) is 10.6 Å². The molecule has 232 valence electrons. The van der Waals surface area contributed by atoms with Gasteiger partial charge < -0.3 is 15.2 Å². The van der Waals surface area contributed by atoms with E-state index in [0.29, 0.717) is 11.3 Å². The van der Waals surface area contributed by atoms with E-state index in [0.717, 1.165) is 16.7 Å². The van der Waals surface area contributed by atoms with E-state index in [4.69, 9.17) is 4.74 Å². The van der Waals surface area contributed by atoms with Crippen LogP contribution in [-0.4, -0.2) is 77.7 Å². The van der Waals surface area contributed by atoms with E-state index in [1.165, 1.54) is 32.8 Å². The van der Waals surface area contributed by atoms with Crippen molar-refractivity contribution in [3.05, 3.63) is 84.0 Å². The SMILES string of the molecule is CC[C@H](C)CN(C[C@@H](O)[C@H](Cc1ccccc1)NC(=O)[C@@H]1CN(c2ccccn2)C(=O)O1)S(=O)(=O)c1ccc2ncsc2c1. The molecular formula is C31H35N5O6S2. The van der Waals surface area contributed by atoms with Crippen LogP contribution >= 0.6 is 11.3 Å². The number of aliphatic hydroxyl groups is 1. The minimum absolute atomic E-state index is 0.0155. The van der Waals surface area contributed by atoms with Crippen molar-refractivity contribution in [3.63, 3.8) is 0 Å². The number of benzene rings is 2. The summed E-state index contributed by atoms with van der Waals surface area (Å²) in [5, 5.41) is 14.4. The fourth-order valence-electron chi connectivity index (χ4n) is 4.96. The molecule has 0 aliphatic carbocycles. The number of pyridine rings is 1. The summed E-state index contributed by atoms with van der Waals surface area (Å²) in [6.07, 6.45) is -0.623. The first kappa shape index (κ1) is 31.5. The Labute approximate surface area is 260 Å². The molecule has 0 radical (unpaired) electrons. The molecule has 2 amide bonds. The number of aliphatic hydroxyl groups excluding tert-OH is 1. The number of carbonyl (C=O) groups excluding carboxylic acids is 2. The number of fused-ring (bicyclic) bond motifs is 1. The van der Waals surface area contributed by atoms with Gasteiger partial charge in [0.2, 0.25) is 10.0 Å². The largest absolute Gasteiger partial charge is 0.434 e. The number of aromatic nitrogens is 2. The summed E-state index contributed by atoms with van der Waals surface area (Å²) in [6, 6.07) is 18.3. The number of rotatable bonds is 13. The van der Waals surface area contributed by atoms with E-state index in [2.05, 4.69) is 15.3 Å². The molecule has 2 N–H and O–H groups in total. The lowest BCUT2D eigenvalue weighted by molar-refractivity contribution is -0.129. The van der Waals surface area contributed by atoms with Gasteiger partial charge in [-0.3, -0.25) is 9.69 Å². The smallest absolute Gasteiger partial charge is 0.416 e. The van der Waals surface area contributed by atoms with Gasteiger partial charge in [0.1, 0.15) is 5.82 Å². The Bertz CT molecular complexity index is 1690. The molecule has 1 aliphatic rings. The average molecular weight is 638 g/mol. The number of hydrogen-bond acceptors (Lipinski definition) is 9. The van der Waals surface area contributed by atoms with Gasteiger partial charge in [-0.2, -0.15) is 4.31 Å². The van der Waals surface area contributed by atoms with Gasteiger partial charge in [-0.05, 0) is 48.2 Å². The maximum Gasteiger partial charge on any atom is 0.416 e. The number of cyclic esters (lactones) is 1. The molecule has 1 aliphatic heterocycles. The first-order valence-corrected chi connectivity index (χ1v) is 16.7. The van der Waals surface area contributed by atoms with E-state index in [9.17, 15) is 23.1 Å². The van der Waals surface area contributed by atoms with E-state index >= 15 is 0 Å². The van der Waals surface area contributed by atoms with Gasteiger partial charge in [0, 0.05) is 19.3 Å². The quantitative estimate of drug-likeness (QED) is 0.225. The summed E-state index contributed by atoms with van der Waals surface area (Å²) >= 11 is 1.35. The zero-order chi connectivity index (χ0) is 31.3. The van der Waals surface area contributed by atoms with Crippen molar-refractivity contribution in [2.45, 2.75) is 49.8 Å². The maximum atomic E-state index is 13.9. The number of carbonyl (C=O) groups is 2. The van der Waals surface area contributed by atoms with Gasteiger partial charge in [-0.25, -0.2) is 23.2 Å². The van der Waals surface area contributed by atoms with Crippen molar-refractivity contribution in [1.82, 2.24) is 19.6 Å². The van der Waals surface area contributed by atoms with Crippen LogP contribution in [0.15, 0.2) is 83.3 Å². The normalized spacial score (nSPS) is 17.4. The highest BCUT2D eigenvalue weighted by Crippen LogP contribution is 2.26. The van der Waals surface area contributed by atoms with Crippen LogP contribution in [0.3, 0.4) is 0 Å². The van der Waals surface area contributed by atoms with Crippen LogP contribution in [0, 0.1) is 5.92 Å². The maximum absolute atomic E-state index is 13.9. The molecule has 3 heterocycles. The van der Waals surface area contributed by atoms with E-state index < -0.39 is 40.3 Å². The van der Waals surface area contributed by atoms with Crippen LogP contribution in [0.1, 0.15) is 25.8 Å². The number of ether oxygens (including phenoxy) is 1. The molecule has 44 heavy (non-hydrogen) atoms. The summed E-state index contributed by atoms with van der Waals surface area (Å²) in [7, 11) is -4.01. The lowest BCUT2D eigenvalue weighted by Crippen LogP contribution is -2.53. The molecule has 2 aromatic carbocycles. The Morgan fingerprint density at radius 2 is 1.91 bits per heavy atom. The minimum Gasteiger partial charge on any atom is -0.434 e. The lowest BCUT2D eigenvalue weighted by atomic mass is 10.0. The van der Waals surface area contributed by atoms with Gasteiger partial charge in [0.05, 0.1) is 39.3 Å². The third-order valence-electron chi connectivity index (χ3n) is 7.66. The average Bonchev–Trinajstić information content (AvgIpc) is 3.67. The number of thiazole rings is 1. The van der Waals surface area contributed by atoms with Crippen molar-refractivity contribution in [1.29, 1.82) is 0 Å². The van der Waals surface area contributed by atoms with Crippen LogP contribution in [-0.2, 0) is 26.0 Å². The van der Waals surface area contributed by atoms with Gasteiger partial charge >= 0.3 is 6.09 Å². The molecule has 1 fully saturated rings. The fourth-order valence-corrected chi connectivity index (χ4v) is 7.35. The molecule has 0 saturated carbocycles. The molecule has 5 rings (SSSR count). The number of hydrogen-bond donors (Lipinski definition) is 2. The van der Waals surface area contributed by atoms with Crippen molar-refractivity contribution < 1.29 is 27.9 Å². The number of nitrogens with one attached hydrogen (secondary N) is 1. The fraction of sp³-hybridized carbons (Fsp3) is 0.355. The minimum atomic E-state index is -4.01. The van der Waals surface area contributed by atoms with Crippen molar-refractivity contribution in [3.8, 4) is 0 Å². The predicted octanol–water partition coefficient (Wildman–Crippen LogP) is 3.84. The number of amides is 2. The number of anilines is 1. The topological polar surface area (TPSA) is 142 Å². The standard InChI is InChI=1S/C31H35N5O6S2/c1-3-21(2)17-35(44(40,41)23-12-13-24-28(16-23)43-20-33-24)18-26(37)25(15-22-9-5-4-6-10-22)34-30(38)27-19-36(31(39)42-27)29-11-7-8-14-32-29/h4-14,16,20-21,25-27,37H,3,15,17-19H2,1-2H3,(H,34,38)/t21-,25-,26+,27-/m0/s1. The molecular weight excluding hydrogens is 603 g/mol. The first-order valence-electron chi connectivity index (χ1n) is 14.4.